The second-order valence-electron chi connectivity index (χ2n) is 3.63. The molecular weight excluding hydrogens is 232 g/mol. The van der Waals surface area contributed by atoms with Gasteiger partial charge in [-0.3, -0.25) is 0 Å². The van der Waals surface area contributed by atoms with Crippen molar-refractivity contribution in [2.45, 2.75) is 25.8 Å². The standard InChI is InChI=1S/C9H14N2O2S2/c1-2-8-7-4-6-14-9(7)3-5-11(8)15(10,12)13/h4,6,8H,2-3,5H2,1H3,(H2,10,12,13). The lowest BCUT2D eigenvalue weighted by Gasteiger charge is -2.32. The van der Waals surface area contributed by atoms with Gasteiger partial charge >= 0.3 is 0 Å². The van der Waals surface area contributed by atoms with Crippen LogP contribution in [0.5, 0.6) is 0 Å². The van der Waals surface area contributed by atoms with Crippen molar-refractivity contribution < 1.29 is 8.42 Å². The minimum absolute atomic E-state index is 0.0741. The highest BCUT2D eigenvalue weighted by Gasteiger charge is 2.32. The number of rotatable bonds is 2. The Kier molecular flexibility index (Phi) is 2.85. The molecule has 1 aromatic rings. The van der Waals surface area contributed by atoms with Crippen LogP contribution in [0.3, 0.4) is 0 Å². The lowest BCUT2D eigenvalue weighted by atomic mass is 10.0. The first-order valence-electron chi connectivity index (χ1n) is 4.90. The number of nitrogens with zero attached hydrogens (tertiary/aromatic N) is 1. The average molecular weight is 246 g/mol. The van der Waals surface area contributed by atoms with Crippen LogP contribution in [-0.4, -0.2) is 19.3 Å². The summed E-state index contributed by atoms with van der Waals surface area (Å²) >= 11 is 1.69. The van der Waals surface area contributed by atoms with Crippen LogP contribution in [-0.2, 0) is 16.6 Å². The highest BCUT2D eigenvalue weighted by Crippen LogP contribution is 2.35. The Bertz CT molecular complexity index is 452. The Balaban J connectivity index is 2.41. The van der Waals surface area contributed by atoms with E-state index in [0.717, 1.165) is 18.4 Å². The van der Waals surface area contributed by atoms with E-state index in [4.69, 9.17) is 5.14 Å². The molecule has 4 nitrogen and oxygen atoms in total. The lowest BCUT2D eigenvalue weighted by Crippen LogP contribution is -2.42. The zero-order valence-electron chi connectivity index (χ0n) is 8.51. The smallest absolute Gasteiger partial charge is 0.216 e. The Morgan fingerprint density at radius 3 is 3.00 bits per heavy atom. The normalized spacial score (nSPS) is 22.7. The van der Waals surface area contributed by atoms with Crippen molar-refractivity contribution in [3.63, 3.8) is 0 Å². The van der Waals surface area contributed by atoms with Gasteiger partial charge in [0.25, 0.3) is 10.2 Å². The molecule has 0 aliphatic carbocycles. The summed E-state index contributed by atoms with van der Waals surface area (Å²) in [7, 11) is -3.57. The van der Waals surface area contributed by atoms with E-state index in [2.05, 4.69) is 0 Å². The second kappa shape index (κ2) is 3.86. The Labute approximate surface area is 93.9 Å². The van der Waals surface area contributed by atoms with Crippen molar-refractivity contribution in [2.75, 3.05) is 6.54 Å². The van der Waals surface area contributed by atoms with Crippen LogP contribution in [0.25, 0.3) is 0 Å². The van der Waals surface area contributed by atoms with Crippen LogP contribution in [0.2, 0.25) is 0 Å². The van der Waals surface area contributed by atoms with Crippen molar-refractivity contribution in [1.82, 2.24) is 4.31 Å². The predicted octanol–water partition coefficient (Wildman–Crippen LogP) is 1.26. The molecule has 6 heteroatoms. The lowest BCUT2D eigenvalue weighted by molar-refractivity contribution is 0.303. The Hall–Kier alpha value is -0.430. The van der Waals surface area contributed by atoms with Crippen molar-refractivity contribution in [1.29, 1.82) is 0 Å². The van der Waals surface area contributed by atoms with Gasteiger partial charge in [-0.05, 0) is 29.9 Å². The minimum atomic E-state index is -3.57. The van der Waals surface area contributed by atoms with Crippen molar-refractivity contribution in [3.05, 3.63) is 21.9 Å². The van der Waals surface area contributed by atoms with Gasteiger partial charge in [0.15, 0.2) is 0 Å². The molecule has 2 N–H and O–H groups in total. The number of fused-ring (bicyclic) bond motifs is 1. The van der Waals surface area contributed by atoms with Crippen molar-refractivity contribution in [3.8, 4) is 0 Å². The number of thiophene rings is 1. The van der Waals surface area contributed by atoms with E-state index in [-0.39, 0.29) is 6.04 Å². The highest BCUT2D eigenvalue weighted by atomic mass is 32.2. The Morgan fingerprint density at radius 2 is 2.40 bits per heavy atom. The average Bonchev–Trinajstić information content (AvgIpc) is 2.61. The fourth-order valence-corrected chi connectivity index (χ4v) is 3.99. The molecule has 0 bridgehead atoms. The molecule has 1 aromatic heterocycles. The maximum Gasteiger partial charge on any atom is 0.277 e. The van der Waals surface area contributed by atoms with Crippen LogP contribution >= 0.6 is 11.3 Å². The minimum Gasteiger partial charge on any atom is -0.216 e. The van der Waals surface area contributed by atoms with Crippen LogP contribution in [0, 0.1) is 0 Å². The van der Waals surface area contributed by atoms with Crippen LogP contribution < -0.4 is 5.14 Å². The van der Waals surface area contributed by atoms with Crippen molar-refractivity contribution >= 4 is 21.5 Å². The summed E-state index contributed by atoms with van der Waals surface area (Å²) in [6.45, 7) is 2.49. The Morgan fingerprint density at radius 1 is 1.67 bits per heavy atom. The van der Waals surface area contributed by atoms with E-state index in [9.17, 15) is 8.42 Å². The molecule has 2 heterocycles. The van der Waals surface area contributed by atoms with E-state index in [1.54, 1.807) is 11.3 Å². The zero-order valence-corrected chi connectivity index (χ0v) is 10.1. The molecule has 1 aliphatic rings. The summed E-state index contributed by atoms with van der Waals surface area (Å²) in [5, 5.41) is 7.22. The molecule has 1 aliphatic heterocycles. The maximum absolute atomic E-state index is 11.4. The molecule has 0 spiro atoms. The van der Waals surface area contributed by atoms with Gasteiger partial charge in [-0.2, -0.15) is 12.7 Å². The topological polar surface area (TPSA) is 63.4 Å². The molecule has 84 valence electrons. The molecule has 0 saturated carbocycles. The van der Waals surface area contributed by atoms with Gasteiger partial charge in [0.2, 0.25) is 0 Å². The monoisotopic (exact) mass is 246 g/mol. The first-order valence-corrected chi connectivity index (χ1v) is 7.28. The van der Waals surface area contributed by atoms with Gasteiger partial charge in [0.1, 0.15) is 0 Å². The summed E-state index contributed by atoms with van der Waals surface area (Å²) in [6.07, 6.45) is 1.54. The van der Waals surface area contributed by atoms with Gasteiger partial charge in [0.05, 0.1) is 6.04 Å². The van der Waals surface area contributed by atoms with E-state index in [1.807, 2.05) is 18.4 Å². The SMILES string of the molecule is CCC1c2ccsc2CCN1S(N)(=O)=O. The van der Waals surface area contributed by atoms with Gasteiger partial charge < -0.3 is 0 Å². The summed E-state index contributed by atoms with van der Waals surface area (Å²) in [4.78, 5) is 1.29. The van der Waals surface area contributed by atoms with E-state index < -0.39 is 10.2 Å². The number of hydrogen-bond acceptors (Lipinski definition) is 3. The summed E-state index contributed by atoms with van der Waals surface area (Å²) in [5.74, 6) is 0. The molecule has 0 saturated heterocycles. The predicted molar refractivity (Wildman–Crippen MR) is 60.9 cm³/mol. The molecular formula is C9H14N2O2S2. The van der Waals surface area contributed by atoms with Crippen molar-refractivity contribution in [2.24, 2.45) is 5.14 Å². The zero-order chi connectivity index (χ0) is 11.1. The molecule has 0 fully saturated rings. The highest BCUT2D eigenvalue weighted by molar-refractivity contribution is 7.86. The third-order valence-electron chi connectivity index (χ3n) is 2.76. The molecule has 1 unspecified atom stereocenters. The first-order chi connectivity index (χ1) is 7.04. The largest absolute Gasteiger partial charge is 0.277 e. The van der Waals surface area contributed by atoms with Gasteiger partial charge in [-0.25, -0.2) is 5.14 Å². The number of nitrogens with two attached hydrogens (primary N) is 1. The van der Waals surface area contributed by atoms with Crippen LogP contribution in [0.1, 0.15) is 29.8 Å². The van der Waals surface area contributed by atoms with E-state index >= 15 is 0 Å². The fourth-order valence-electron chi connectivity index (χ4n) is 2.10. The quantitative estimate of drug-likeness (QED) is 0.854. The maximum atomic E-state index is 11.4. The first kappa shape index (κ1) is 11.1. The van der Waals surface area contributed by atoms with Crippen LogP contribution in [0.4, 0.5) is 0 Å². The molecule has 1 atom stereocenters. The molecule has 2 rings (SSSR count). The molecule has 15 heavy (non-hydrogen) atoms. The number of hydrogen-bond donors (Lipinski definition) is 1. The van der Waals surface area contributed by atoms with Gasteiger partial charge in [0, 0.05) is 11.4 Å². The fraction of sp³-hybridized carbons (Fsp3) is 0.556. The summed E-state index contributed by atoms with van der Waals surface area (Å²) < 4.78 is 24.2. The van der Waals surface area contributed by atoms with Crippen LogP contribution in [0.15, 0.2) is 11.4 Å². The second-order valence-corrected chi connectivity index (χ2v) is 6.13. The molecule has 0 amide bonds. The third kappa shape index (κ3) is 1.94. The molecule has 0 radical (unpaired) electrons. The summed E-state index contributed by atoms with van der Waals surface area (Å²) in [5.41, 5.74) is 1.13. The van der Waals surface area contributed by atoms with Gasteiger partial charge in [-0.1, -0.05) is 6.92 Å². The van der Waals surface area contributed by atoms with Gasteiger partial charge in [-0.15, -0.1) is 11.3 Å². The third-order valence-corrected chi connectivity index (χ3v) is 4.85. The molecule has 0 aromatic carbocycles. The van der Waals surface area contributed by atoms with E-state index in [1.165, 1.54) is 9.18 Å². The summed E-state index contributed by atoms with van der Waals surface area (Å²) in [6, 6.07) is 1.93. The van der Waals surface area contributed by atoms with E-state index in [0.29, 0.717) is 6.54 Å².